The number of carboxylic acid groups (broad SMARTS) is 2. The first-order valence-corrected chi connectivity index (χ1v) is 12.0. The lowest BCUT2D eigenvalue weighted by molar-refractivity contribution is -0.136. The van der Waals surface area contributed by atoms with Crippen LogP contribution in [0.4, 0.5) is 0 Å². The van der Waals surface area contributed by atoms with Gasteiger partial charge in [0.2, 0.25) is 5.43 Å². The van der Waals surface area contributed by atoms with Crippen LogP contribution in [0.5, 0.6) is 5.75 Å². The molecule has 0 saturated heterocycles. The summed E-state index contributed by atoms with van der Waals surface area (Å²) in [6.45, 7) is 2.67. The molecular weight excluding hydrogens is 436 g/mol. The summed E-state index contributed by atoms with van der Waals surface area (Å²) in [6, 6.07) is 7.67. The second kappa shape index (κ2) is 12.2. The van der Waals surface area contributed by atoms with Crippen LogP contribution in [0.2, 0.25) is 0 Å². The van der Waals surface area contributed by atoms with Crippen molar-refractivity contribution in [3.63, 3.8) is 0 Å². The third-order valence-corrected chi connectivity index (χ3v) is 6.00. The van der Waals surface area contributed by atoms with Crippen LogP contribution in [0.15, 0.2) is 39.5 Å². The molecule has 0 bridgehead atoms. The number of unbranched alkanes of at least 4 members (excludes halogenated alkanes) is 7. The molecule has 3 aromatic rings. The van der Waals surface area contributed by atoms with Crippen molar-refractivity contribution >= 4 is 33.9 Å². The van der Waals surface area contributed by atoms with Crippen molar-refractivity contribution in [2.45, 2.75) is 71.1 Å². The molecule has 0 spiro atoms. The van der Waals surface area contributed by atoms with Crippen molar-refractivity contribution in [2.24, 2.45) is 0 Å². The predicted octanol–water partition coefficient (Wildman–Crippen LogP) is 6.18. The van der Waals surface area contributed by atoms with Gasteiger partial charge in [-0.25, -0.2) is 4.79 Å². The Kier molecular flexibility index (Phi) is 9.08. The molecule has 7 nitrogen and oxygen atoms in total. The first-order chi connectivity index (χ1) is 16.4. The van der Waals surface area contributed by atoms with Crippen LogP contribution in [0.3, 0.4) is 0 Å². The Balaban J connectivity index is 1.86. The van der Waals surface area contributed by atoms with Crippen LogP contribution >= 0.6 is 0 Å². The quantitative estimate of drug-likeness (QED) is 0.214. The number of para-hydroxylation sites is 1. The number of hydrogen-bond acceptors (Lipinski definition) is 5. The number of benzene rings is 2. The Morgan fingerprint density at radius 2 is 1.56 bits per heavy atom. The maximum absolute atomic E-state index is 13.1. The summed E-state index contributed by atoms with van der Waals surface area (Å²) in [5.74, 6) is -1.73. The average molecular weight is 469 g/mol. The van der Waals surface area contributed by atoms with E-state index in [0.29, 0.717) is 17.9 Å². The molecule has 0 radical (unpaired) electrons. The van der Waals surface area contributed by atoms with Crippen molar-refractivity contribution in [2.75, 3.05) is 6.61 Å². The van der Waals surface area contributed by atoms with Crippen molar-refractivity contribution in [1.82, 2.24) is 0 Å². The normalized spacial score (nSPS) is 11.2. The molecule has 0 fully saturated rings. The lowest BCUT2D eigenvalue weighted by Gasteiger charge is -2.14. The van der Waals surface area contributed by atoms with Gasteiger partial charge in [-0.2, -0.15) is 0 Å². The fraction of sp³-hybridized carbons (Fsp3) is 0.444. The number of hydrogen-bond donors (Lipinski definition) is 2. The van der Waals surface area contributed by atoms with Crippen LogP contribution < -0.4 is 10.2 Å². The highest BCUT2D eigenvalue weighted by Gasteiger charge is 2.19. The molecule has 3 rings (SSSR count). The molecule has 1 heterocycles. The lowest BCUT2D eigenvalue weighted by Crippen LogP contribution is -2.09. The van der Waals surface area contributed by atoms with Gasteiger partial charge in [-0.1, -0.05) is 57.9 Å². The molecule has 0 saturated carbocycles. The van der Waals surface area contributed by atoms with Gasteiger partial charge >= 0.3 is 11.9 Å². The van der Waals surface area contributed by atoms with Gasteiger partial charge in [-0.15, -0.1) is 0 Å². The predicted molar refractivity (Wildman–Crippen MR) is 131 cm³/mol. The van der Waals surface area contributed by atoms with E-state index >= 15 is 0 Å². The molecule has 1 aromatic heterocycles. The average Bonchev–Trinajstić information content (AvgIpc) is 2.81. The van der Waals surface area contributed by atoms with E-state index < -0.39 is 11.9 Å². The largest absolute Gasteiger partial charge is 0.493 e. The van der Waals surface area contributed by atoms with E-state index in [0.717, 1.165) is 19.3 Å². The number of rotatable bonds is 14. The Bertz CT molecular complexity index is 1210. The SMILES string of the molecule is CCCCCCCCCCOc1ccc2c(=O)c3cccc(C(=O)O)c3oc2c1CCC(=O)O. The Morgan fingerprint density at radius 3 is 2.24 bits per heavy atom. The molecule has 0 aliphatic heterocycles. The van der Waals surface area contributed by atoms with Crippen LogP contribution in [0, 0.1) is 0 Å². The zero-order valence-electron chi connectivity index (χ0n) is 19.6. The molecule has 7 heteroatoms. The minimum absolute atomic E-state index is 0.0238. The highest BCUT2D eigenvalue weighted by molar-refractivity contribution is 6.03. The monoisotopic (exact) mass is 468 g/mol. The van der Waals surface area contributed by atoms with Gasteiger partial charge in [0.25, 0.3) is 0 Å². The second-order valence-electron chi connectivity index (χ2n) is 8.55. The summed E-state index contributed by atoms with van der Waals surface area (Å²) < 4.78 is 11.9. The number of aryl methyl sites for hydroxylation is 1. The van der Waals surface area contributed by atoms with Gasteiger partial charge in [0.05, 0.1) is 17.4 Å². The molecule has 0 unspecified atom stereocenters. The molecule has 0 aliphatic rings. The smallest absolute Gasteiger partial charge is 0.339 e. The van der Waals surface area contributed by atoms with Crippen molar-refractivity contribution in [1.29, 1.82) is 0 Å². The van der Waals surface area contributed by atoms with Crippen LogP contribution in [0.1, 0.15) is 80.6 Å². The first-order valence-electron chi connectivity index (χ1n) is 12.0. The third-order valence-electron chi connectivity index (χ3n) is 6.00. The molecule has 0 atom stereocenters. The third kappa shape index (κ3) is 6.16. The van der Waals surface area contributed by atoms with E-state index in [1.165, 1.54) is 50.3 Å². The number of aliphatic carboxylic acids is 1. The zero-order valence-corrected chi connectivity index (χ0v) is 19.6. The molecule has 2 aromatic carbocycles. The summed E-state index contributed by atoms with van der Waals surface area (Å²) in [5, 5.41) is 19.2. The Morgan fingerprint density at radius 1 is 0.882 bits per heavy atom. The summed E-state index contributed by atoms with van der Waals surface area (Å²) in [6.07, 6.45) is 9.25. The van der Waals surface area contributed by atoms with Gasteiger partial charge in [0.1, 0.15) is 16.9 Å². The lowest BCUT2D eigenvalue weighted by atomic mass is 10.0. The minimum Gasteiger partial charge on any atom is -0.493 e. The van der Waals surface area contributed by atoms with Gasteiger partial charge < -0.3 is 19.4 Å². The van der Waals surface area contributed by atoms with Crippen molar-refractivity contribution < 1.29 is 29.0 Å². The molecule has 0 aliphatic carbocycles. The maximum Gasteiger partial charge on any atom is 0.339 e. The fourth-order valence-corrected chi connectivity index (χ4v) is 4.17. The van der Waals surface area contributed by atoms with Crippen molar-refractivity contribution in [3.05, 3.63) is 51.7 Å². The van der Waals surface area contributed by atoms with E-state index in [2.05, 4.69) is 6.92 Å². The zero-order chi connectivity index (χ0) is 24.5. The minimum atomic E-state index is -1.21. The van der Waals surface area contributed by atoms with Gasteiger partial charge in [-0.3, -0.25) is 9.59 Å². The van der Waals surface area contributed by atoms with Gasteiger partial charge in [0.15, 0.2) is 5.58 Å². The number of carbonyl (C=O) groups is 2. The topological polar surface area (TPSA) is 114 Å². The van der Waals surface area contributed by atoms with Gasteiger partial charge in [-0.05, 0) is 37.1 Å². The summed E-state index contributed by atoms with van der Waals surface area (Å²) in [7, 11) is 0. The van der Waals surface area contributed by atoms with E-state index in [1.54, 1.807) is 12.1 Å². The molecule has 2 N–H and O–H groups in total. The highest BCUT2D eigenvalue weighted by Crippen LogP contribution is 2.31. The molecule has 34 heavy (non-hydrogen) atoms. The van der Waals surface area contributed by atoms with E-state index in [1.807, 2.05) is 0 Å². The summed E-state index contributed by atoms with van der Waals surface area (Å²) >= 11 is 0. The number of fused-ring (bicyclic) bond motifs is 2. The van der Waals surface area contributed by atoms with Crippen LogP contribution in [-0.2, 0) is 11.2 Å². The van der Waals surface area contributed by atoms with Crippen LogP contribution in [0.25, 0.3) is 21.9 Å². The number of carboxylic acids is 2. The number of ether oxygens (including phenoxy) is 1. The highest BCUT2D eigenvalue weighted by atomic mass is 16.5. The van der Waals surface area contributed by atoms with Crippen molar-refractivity contribution in [3.8, 4) is 5.75 Å². The van der Waals surface area contributed by atoms with E-state index in [9.17, 15) is 24.6 Å². The number of aromatic carboxylic acids is 1. The summed E-state index contributed by atoms with van der Waals surface area (Å²) in [5.41, 5.74) is 0.153. The Hall–Kier alpha value is -3.35. The maximum atomic E-state index is 13.1. The summed E-state index contributed by atoms with van der Waals surface area (Å²) in [4.78, 5) is 36.0. The second-order valence-corrected chi connectivity index (χ2v) is 8.55. The fourth-order valence-electron chi connectivity index (χ4n) is 4.17. The molecular formula is C27H32O7. The van der Waals surface area contributed by atoms with Crippen LogP contribution in [-0.4, -0.2) is 28.8 Å². The standard InChI is InChI=1S/C27H32O7/c1-2-3-4-5-6-7-8-9-17-33-22-15-13-20-24(30)19-11-10-12-21(27(31)32)26(19)34-25(20)18(22)14-16-23(28)29/h10-13,15H,2-9,14,16-17H2,1H3,(H,28,29)(H,31,32). The van der Waals surface area contributed by atoms with Gasteiger partial charge in [0, 0.05) is 12.0 Å². The molecule has 0 amide bonds. The molecule has 182 valence electrons. The first kappa shape index (κ1) is 25.3. The van der Waals surface area contributed by atoms with E-state index in [4.69, 9.17) is 9.15 Å². The Labute approximate surface area is 198 Å². The van der Waals surface area contributed by atoms with E-state index in [-0.39, 0.29) is 45.8 Å².